The van der Waals surface area contributed by atoms with Gasteiger partial charge in [0.05, 0.1) is 6.61 Å². The number of rotatable bonds is 29. The van der Waals surface area contributed by atoms with Crippen LogP contribution in [0, 0.1) is 10.1 Å². The number of ether oxygens (including phenoxy) is 1. The summed E-state index contributed by atoms with van der Waals surface area (Å²) in [5.74, 6) is -0.0176. The fourth-order valence-electron chi connectivity index (χ4n) is 4.66. The summed E-state index contributed by atoms with van der Waals surface area (Å²) in [4.78, 5) is 24.7. The summed E-state index contributed by atoms with van der Waals surface area (Å²) in [6, 6.07) is 0. The highest BCUT2D eigenvalue weighted by atomic mass is 16.6. The normalized spacial score (nSPS) is 11.3. The maximum Gasteiger partial charge on any atom is 0.305 e. The highest BCUT2D eigenvalue weighted by Gasteiger charge is 2.06. The van der Waals surface area contributed by atoms with Gasteiger partial charge in [-0.05, 0) is 51.7 Å². The van der Waals surface area contributed by atoms with Crippen molar-refractivity contribution in [3.05, 3.63) is 10.1 Å². The zero-order valence-corrected chi connectivity index (χ0v) is 24.1. The average molecular weight is 513 g/mol. The maximum atomic E-state index is 11.9. The predicted octanol–water partition coefficient (Wildman–Crippen LogP) is 8.73. The Morgan fingerprint density at radius 2 is 1.03 bits per heavy atom. The first kappa shape index (κ1) is 34.8. The van der Waals surface area contributed by atoms with E-state index in [2.05, 4.69) is 18.7 Å². The lowest BCUT2D eigenvalue weighted by Crippen LogP contribution is -2.27. The molecule has 0 bridgehead atoms. The summed E-state index contributed by atoms with van der Waals surface area (Å²) < 4.78 is 5.39. The summed E-state index contributed by atoms with van der Waals surface area (Å²) >= 11 is 0. The second-order valence-electron chi connectivity index (χ2n) is 10.6. The lowest BCUT2D eigenvalue weighted by Gasteiger charge is -2.22. The number of esters is 1. The van der Waals surface area contributed by atoms with Crippen molar-refractivity contribution < 1.29 is 14.5 Å². The van der Waals surface area contributed by atoms with Crippen molar-refractivity contribution in [1.82, 2.24) is 4.90 Å². The first-order valence-corrected chi connectivity index (χ1v) is 15.6. The molecule has 0 spiro atoms. The summed E-state index contributed by atoms with van der Waals surface area (Å²) in [6.45, 7) is 8.41. The predicted molar refractivity (Wildman–Crippen MR) is 152 cm³/mol. The van der Waals surface area contributed by atoms with Crippen LogP contribution >= 0.6 is 0 Å². The van der Waals surface area contributed by atoms with Crippen molar-refractivity contribution in [3.63, 3.8) is 0 Å². The average Bonchev–Trinajstić information content (AvgIpc) is 2.86. The van der Waals surface area contributed by atoms with Gasteiger partial charge in [0.1, 0.15) is 0 Å². The number of hydrogen-bond acceptors (Lipinski definition) is 5. The zero-order chi connectivity index (χ0) is 26.5. The molecule has 0 heterocycles. The molecule has 0 aromatic rings. The second kappa shape index (κ2) is 28.4. The van der Waals surface area contributed by atoms with Crippen LogP contribution in [0.5, 0.6) is 0 Å². The highest BCUT2D eigenvalue weighted by Crippen LogP contribution is 2.12. The molecule has 0 aliphatic heterocycles. The molecule has 6 nitrogen and oxygen atoms in total. The van der Waals surface area contributed by atoms with E-state index in [1.807, 2.05) is 0 Å². The Hall–Kier alpha value is -1.17. The minimum absolute atomic E-state index is 0.0176. The Labute approximate surface area is 223 Å². The van der Waals surface area contributed by atoms with Crippen molar-refractivity contribution in [2.24, 2.45) is 0 Å². The van der Waals surface area contributed by atoms with Crippen molar-refractivity contribution in [2.75, 3.05) is 32.8 Å². The van der Waals surface area contributed by atoms with E-state index < -0.39 is 0 Å². The van der Waals surface area contributed by atoms with E-state index in [1.165, 1.54) is 103 Å². The molecule has 0 unspecified atom stereocenters. The van der Waals surface area contributed by atoms with Crippen LogP contribution in [-0.4, -0.2) is 48.6 Å². The van der Waals surface area contributed by atoms with Crippen LogP contribution in [0.15, 0.2) is 0 Å². The molecule has 0 rings (SSSR count). The Balaban J connectivity index is 3.53. The highest BCUT2D eigenvalue weighted by molar-refractivity contribution is 5.69. The largest absolute Gasteiger partial charge is 0.466 e. The van der Waals surface area contributed by atoms with Gasteiger partial charge in [-0.1, -0.05) is 110 Å². The first-order chi connectivity index (χ1) is 17.6. The van der Waals surface area contributed by atoms with Crippen molar-refractivity contribution in [3.8, 4) is 0 Å². The van der Waals surface area contributed by atoms with Crippen LogP contribution in [0.2, 0.25) is 0 Å². The molecule has 0 radical (unpaired) electrons. The van der Waals surface area contributed by atoms with Gasteiger partial charge in [-0.2, -0.15) is 0 Å². The molecule has 0 aliphatic carbocycles. The van der Waals surface area contributed by atoms with Crippen LogP contribution in [0.4, 0.5) is 0 Å². The van der Waals surface area contributed by atoms with Gasteiger partial charge in [0.2, 0.25) is 6.54 Å². The van der Waals surface area contributed by atoms with Gasteiger partial charge < -0.3 is 9.64 Å². The maximum absolute atomic E-state index is 11.9. The number of unbranched alkanes of at least 4 members (excludes halogenated alkanes) is 17. The van der Waals surface area contributed by atoms with Crippen LogP contribution in [0.1, 0.15) is 155 Å². The Kier molecular flexibility index (Phi) is 27.5. The standard InChI is InChI=1S/C30H60N2O4/c1-3-5-7-8-9-10-14-17-23-29-36-30(33)24-18-15-12-11-13-16-20-26-31(25-19-6-4-2)27-21-22-28-32(34)35/h3-29H2,1-2H3. The van der Waals surface area contributed by atoms with Crippen LogP contribution in [0.25, 0.3) is 0 Å². The molecule has 0 saturated carbocycles. The topological polar surface area (TPSA) is 72.7 Å². The van der Waals surface area contributed by atoms with Crippen LogP contribution in [0.3, 0.4) is 0 Å². The molecule has 0 saturated heterocycles. The van der Waals surface area contributed by atoms with E-state index in [0.717, 1.165) is 45.3 Å². The molecule has 0 amide bonds. The lowest BCUT2D eigenvalue weighted by molar-refractivity contribution is -0.480. The van der Waals surface area contributed by atoms with E-state index >= 15 is 0 Å². The Morgan fingerprint density at radius 1 is 0.611 bits per heavy atom. The molecular weight excluding hydrogens is 452 g/mol. The van der Waals surface area contributed by atoms with Gasteiger partial charge in [0, 0.05) is 17.8 Å². The molecule has 0 aliphatic rings. The second-order valence-corrected chi connectivity index (χ2v) is 10.6. The number of carbonyl (C=O) groups excluding carboxylic acids is 1. The molecule has 0 atom stereocenters. The van der Waals surface area contributed by atoms with Crippen molar-refractivity contribution >= 4 is 5.97 Å². The Morgan fingerprint density at radius 3 is 1.58 bits per heavy atom. The van der Waals surface area contributed by atoms with E-state index in [1.54, 1.807) is 0 Å². The van der Waals surface area contributed by atoms with Gasteiger partial charge in [-0.15, -0.1) is 0 Å². The first-order valence-electron chi connectivity index (χ1n) is 15.6. The molecule has 0 N–H and O–H groups in total. The minimum Gasteiger partial charge on any atom is -0.466 e. The zero-order valence-electron chi connectivity index (χ0n) is 24.1. The van der Waals surface area contributed by atoms with Gasteiger partial charge in [0.15, 0.2) is 0 Å². The van der Waals surface area contributed by atoms with Gasteiger partial charge >= 0.3 is 5.97 Å². The minimum atomic E-state index is -0.205. The molecule has 0 aromatic carbocycles. The number of hydrogen-bond donors (Lipinski definition) is 0. The summed E-state index contributed by atoms with van der Waals surface area (Å²) in [5.41, 5.74) is 0. The molecule has 0 aromatic heterocycles. The molecule has 0 fully saturated rings. The monoisotopic (exact) mass is 512 g/mol. The quantitative estimate of drug-likeness (QED) is 0.0433. The molecular formula is C30H60N2O4. The third-order valence-corrected chi connectivity index (χ3v) is 7.01. The van der Waals surface area contributed by atoms with E-state index in [0.29, 0.717) is 19.4 Å². The fraction of sp³-hybridized carbons (Fsp3) is 0.967. The van der Waals surface area contributed by atoms with Gasteiger partial charge in [0.25, 0.3) is 0 Å². The third kappa shape index (κ3) is 27.4. The number of nitrogens with zero attached hydrogens (tertiary/aromatic N) is 2. The third-order valence-electron chi connectivity index (χ3n) is 7.01. The van der Waals surface area contributed by atoms with Gasteiger partial charge in [-0.3, -0.25) is 14.9 Å². The molecule has 214 valence electrons. The SMILES string of the molecule is CCCCCCCCCCCOC(=O)CCCCCCCCCN(CCCCC)CCCC[N+](=O)[O-]. The number of nitro groups is 1. The van der Waals surface area contributed by atoms with Gasteiger partial charge in [-0.25, -0.2) is 0 Å². The van der Waals surface area contributed by atoms with Crippen LogP contribution < -0.4 is 0 Å². The van der Waals surface area contributed by atoms with Crippen LogP contribution in [-0.2, 0) is 9.53 Å². The smallest absolute Gasteiger partial charge is 0.305 e. The lowest BCUT2D eigenvalue weighted by atomic mass is 10.1. The summed E-state index contributed by atoms with van der Waals surface area (Å²) in [6.07, 6.45) is 25.7. The summed E-state index contributed by atoms with van der Waals surface area (Å²) in [7, 11) is 0. The van der Waals surface area contributed by atoms with Crippen molar-refractivity contribution in [1.29, 1.82) is 0 Å². The summed E-state index contributed by atoms with van der Waals surface area (Å²) in [5, 5.41) is 10.5. The Bertz CT molecular complexity index is 488. The fourth-order valence-corrected chi connectivity index (χ4v) is 4.66. The van der Waals surface area contributed by atoms with E-state index in [4.69, 9.17) is 4.74 Å². The van der Waals surface area contributed by atoms with E-state index in [9.17, 15) is 14.9 Å². The van der Waals surface area contributed by atoms with E-state index in [-0.39, 0.29) is 17.4 Å². The molecule has 6 heteroatoms. The molecule has 36 heavy (non-hydrogen) atoms. The number of carbonyl (C=O) groups is 1. The van der Waals surface area contributed by atoms with Crippen molar-refractivity contribution in [2.45, 2.75) is 155 Å².